The number of aryl methyl sites for hydroxylation is 1. The first-order chi connectivity index (χ1) is 15.4. The van der Waals surface area contributed by atoms with E-state index in [1.165, 1.54) is 11.8 Å². The maximum atomic E-state index is 12.7. The van der Waals surface area contributed by atoms with Gasteiger partial charge in [0.25, 0.3) is 11.5 Å². The summed E-state index contributed by atoms with van der Waals surface area (Å²) >= 11 is 0. The van der Waals surface area contributed by atoms with Crippen molar-refractivity contribution in [1.29, 1.82) is 0 Å². The number of fused-ring (bicyclic) bond motifs is 1. The molecule has 166 valence electrons. The second-order valence-corrected chi connectivity index (χ2v) is 8.20. The number of amides is 2. The molecule has 0 spiro atoms. The van der Waals surface area contributed by atoms with Crippen molar-refractivity contribution in [3.05, 3.63) is 40.2 Å². The molecule has 10 heteroatoms. The van der Waals surface area contributed by atoms with E-state index in [-0.39, 0.29) is 23.3 Å². The van der Waals surface area contributed by atoms with Gasteiger partial charge in [0.1, 0.15) is 17.0 Å². The van der Waals surface area contributed by atoms with E-state index in [9.17, 15) is 14.4 Å². The van der Waals surface area contributed by atoms with E-state index in [1.807, 2.05) is 0 Å². The zero-order valence-electron chi connectivity index (χ0n) is 17.9. The van der Waals surface area contributed by atoms with Crippen LogP contribution in [-0.4, -0.2) is 51.7 Å². The molecule has 32 heavy (non-hydrogen) atoms. The molecular formula is C22H24N6O4. The van der Waals surface area contributed by atoms with Gasteiger partial charge in [-0.3, -0.25) is 24.2 Å². The fourth-order valence-corrected chi connectivity index (χ4v) is 3.73. The molecule has 1 saturated heterocycles. The van der Waals surface area contributed by atoms with Crippen molar-refractivity contribution in [2.75, 3.05) is 30.8 Å². The van der Waals surface area contributed by atoms with Crippen LogP contribution in [0.1, 0.15) is 29.6 Å². The van der Waals surface area contributed by atoms with Crippen LogP contribution in [0, 0.1) is 5.92 Å². The lowest BCUT2D eigenvalue weighted by Gasteiger charge is -2.31. The highest BCUT2D eigenvalue weighted by molar-refractivity contribution is 5.99. The minimum Gasteiger partial charge on any atom is -0.495 e. The van der Waals surface area contributed by atoms with Crippen molar-refractivity contribution in [1.82, 2.24) is 19.7 Å². The zero-order chi connectivity index (χ0) is 22.4. The summed E-state index contributed by atoms with van der Waals surface area (Å²) in [6.07, 6.45) is 2.77. The number of carbonyl (C=O) groups is 2. The Morgan fingerprint density at radius 2 is 1.97 bits per heavy atom. The van der Waals surface area contributed by atoms with E-state index in [0.717, 1.165) is 32.4 Å². The van der Waals surface area contributed by atoms with Crippen LogP contribution in [0.2, 0.25) is 0 Å². The first kappa shape index (κ1) is 20.1. The van der Waals surface area contributed by atoms with Crippen molar-refractivity contribution in [3.8, 4) is 5.75 Å². The number of aromatic amines is 1. The second kappa shape index (κ2) is 7.70. The Morgan fingerprint density at radius 3 is 2.62 bits per heavy atom. The number of methoxy groups -OCH3 is 1. The van der Waals surface area contributed by atoms with Crippen LogP contribution in [-0.2, 0) is 11.8 Å². The van der Waals surface area contributed by atoms with E-state index in [1.54, 1.807) is 36.2 Å². The highest BCUT2D eigenvalue weighted by Gasteiger charge is 2.30. The average molecular weight is 436 g/mol. The van der Waals surface area contributed by atoms with Gasteiger partial charge in [0.15, 0.2) is 5.65 Å². The van der Waals surface area contributed by atoms with E-state index in [2.05, 4.69) is 20.7 Å². The Hall–Kier alpha value is -3.82. The summed E-state index contributed by atoms with van der Waals surface area (Å²) in [5.41, 5.74) is 1.71. The number of anilines is 3. The van der Waals surface area contributed by atoms with Gasteiger partial charge in [-0.05, 0) is 37.5 Å². The lowest BCUT2D eigenvalue weighted by Crippen LogP contribution is -2.42. The Bertz CT molecular complexity index is 1290. The van der Waals surface area contributed by atoms with Gasteiger partial charge in [-0.25, -0.2) is 4.98 Å². The molecule has 10 nitrogen and oxygen atoms in total. The van der Waals surface area contributed by atoms with Gasteiger partial charge in [-0.2, -0.15) is 0 Å². The molecule has 2 amide bonds. The topological polar surface area (TPSA) is 121 Å². The largest absolute Gasteiger partial charge is 0.495 e. The zero-order valence-corrected chi connectivity index (χ0v) is 17.9. The number of H-pyrrole nitrogens is 1. The predicted molar refractivity (Wildman–Crippen MR) is 119 cm³/mol. The number of nitrogens with zero attached hydrogens (tertiary/aromatic N) is 3. The average Bonchev–Trinajstić information content (AvgIpc) is 3.53. The van der Waals surface area contributed by atoms with E-state index < -0.39 is 0 Å². The number of carbonyl (C=O) groups excluding carboxylic acids is 2. The predicted octanol–water partition coefficient (Wildman–Crippen LogP) is 2.21. The quantitative estimate of drug-likeness (QED) is 0.545. The van der Waals surface area contributed by atoms with Crippen LogP contribution in [0.5, 0.6) is 5.75 Å². The molecule has 3 aromatic rings. The fraction of sp³-hybridized carbons (Fsp3) is 0.364. The van der Waals surface area contributed by atoms with Crippen molar-refractivity contribution in [2.45, 2.75) is 19.3 Å². The molecule has 2 aliphatic rings. The first-order valence-corrected chi connectivity index (χ1v) is 10.6. The molecule has 1 aliphatic carbocycles. The molecule has 1 saturated carbocycles. The number of benzene rings is 1. The highest BCUT2D eigenvalue weighted by atomic mass is 16.5. The van der Waals surface area contributed by atoms with Gasteiger partial charge in [0, 0.05) is 37.7 Å². The van der Waals surface area contributed by atoms with Gasteiger partial charge >= 0.3 is 0 Å². The SMILES string of the molecule is COc1cc(C(=O)N2CCC2)ccc1Nc1cc(NC(=O)C2CC2)nc2[nH]n(C)c(=O)c12. The number of ether oxygens (including phenoxy) is 1. The number of nitrogens with one attached hydrogen (secondary N) is 3. The van der Waals surface area contributed by atoms with Crippen LogP contribution < -0.4 is 20.9 Å². The van der Waals surface area contributed by atoms with Gasteiger partial charge in [0.2, 0.25) is 5.91 Å². The van der Waals surface area contributed by atoms with Crippen LogP contribution in [0.3, 0.4) is 0 Å². The maximum Gasteiger partial charge on any atom is 0.277 e. The smallest absolute Gasteiger partial charge is 0.277 e. The summed E-state index contributed by atoms with van der Waals surface area (Å²) in [6.45, 7) is 1.53. The molecule has 2 aromatic heterocycles. The van der Waals surface area contributed by atoms with Gasteiger partial charge < -0.3 is 20.3 Å². The van der Waals surface area contributed by atoms with Crippen LogP contribution in [0.25, 0.3) is 11.0 Å². The molecule has 0 atom stereocenters. The first-order valence-electron chi connectivity index (χ1n) is 10.6. The molecule has 2 fully saturated rings. The molecule has 1 aliphatic heterocycles. The monoisotopic (exact) mass is 436 g/mol. The molecule has 5 rings (SSSR count). The molecule has 1 aromatic carbocycles. The molecule has 3 N–H and O–H groups in total. The van der Waals surface area contributed by atoms with E-state index in [4.69, 9.17) is 4.74 Å². The number of hydrogen-bond acceptors (Lipinski definition) is 6. The Labute approximate surface area is 183 Å². The third-order valence-corrected chi connectivity index (χ3v) is 5.87. The molecule has 0 unspecified atom stereocenters. The normalized spacial score (nSPS) is 15.4. The van der Waals surface area contributed by atoms with E-state index >= 15 is 0 Å². The molecule has 3 heterocycles. The summed E-state index contributed by atoms with van der Waals surface area (Å²) in [6, 6.07) is 6.80. The van der Waals surface area contributed by atoms with Crippen molar-refractivity contribution in [3.63, 3.8) is 0 Å². The third kappa shape index (κ3) is 3.57. The maximum absolute atomic E-state index is 12.7. The number of hydrogen-bond donors (Lipinski definition) is 3. The van der Waals surface area contributed by atoms with Gasteiger partial charge in [0.05, 0.1) is 18.5 Å². The highest BCUT2D eigenvalue weighted by Crippen LogP contribution is 2.34. The third-order valence-electron chi connectivity index (χ3n) is 5.87. The molecule has 0 bridgehead atoms. The lowest BCUT2D eigenvalue weighted by molar-refractivity contribution is -0.117. The summed E-state index contributed by atoms with van der Waals surface area (Å²) in [5.74, 6) is 0.736. The summed E-state index contributed by atoms with van der Waals surface area (Å²) in [4.78, 5) is 43.6. The van der Waals surface area contributed by atoms with Crippen molar-refractivity contribution in [2.24, 2.45) is 13.0 Å². The van der Waals surface area contributed by atoms with Crippen molar-refractivity contribution >= 4 is 40.0 Å². The number of rotatable bonds is 6. The van der Waals surface area contributed by atoms with Crippen LogP contribution >= 0.6 is 0 Å². The standard InChI is InChI=1S/C22H24N6O4/c1-27-22(31)18-15(11-17(24-19(18)26-27)25-20(29)12-4-5-12)23-14-7-6-13(10-16(14)32-2)21(30)28-8-3-9-28/h6-7,10-12H,3-5,8-9H2,1-2H3,(H3,23,24,25,26,29). The van der Waals surface area contributed by atoms with Crippen LogP contribution in [0.15, 0.2) is 29.1 Å². The Kier molecular flexibility index (Phi) is 4.84. The number of pyridine rings is 1. The van der Waals surface area contributed by atoms with Gasteiger partial charge in [-0.15, -0.1) is 0 Å². The van der Waals surface area contributed by atoms with E-state index in [0.29, 0.717) is 39.5 Å². The second-order valence-electron chi connectivity index (χ2n) is 8.20. The van der Waals surface area contributed by atoms with Crippen molar-refractivity contribution < 1.29 is 14.3 Å². The summed E-state index contributed by atoms with van der Waals surface area (Å²) in [5, 5.41) is 9.32. The molecule has 0 radical (unpaired) electrons. The Morgan fingerprint density at radius 1 is 1.19 bits per heavy atom. The number of likely N-dealkylation sites (tertiary alicyclic amines) is 1. The Balaban J connectivity index is 1.51. The minimum absolute atomic E-state index is 0.0234. The fourth-order valence-electron chi connectivity index (χ4n) is 3.73. The number of aromatic nitrogens is 3. The van der Waals surface area contributed by atoms with Gasteiger partial charge in [-0.1, -0.05) is 0 Å². The lowest BCUT2D eigenvalue weighted by atomic mass is 10.1. The summed E-state index contributed by atoms with van der Waals surface area (Å²) in [7, 11) is 3.13. The minimum atomic E-state index is -0.251. The molecular weight excluding hydrogens is 412 g/mol. The summed E-state index contributed by atoms with van der Waals surface area (Å²) < 4.78 is 6.85. The van der Waals surface area contributed by atoms with Crippen LogP contribution in [0.4, 0.5) is 17.2 Å².